The Bertz CT molecular complexity index is 345. The highest BCUT2D eigenvalue weighted by atomic mass is 16.7. The maximum absolute atomic E-state index is 10.3. The fourth-order valence-corrected chi connectivity index (χ4v) is 1.17. The number of ether oxygens (including phenoxy) is 2. The van der Waals surface area contributed by atoms with E-state index in [-0.39, 0.29) is 17.6 Å². The van der Waals surface area contributed by atoms with Gasteiger partial charge in [-0.05, 0) is 32.9 Å². The zero-order chi connectivity index (χ0) is 14.0. The topological polar surface area (TPSA) is 76.0 Å². The highest BCUT2D eigenvalue weighted by molar-refractivity contribution is 5.90. The Hall–Kier alpha value is -1.59. The number of hydrogen-bond acceptors (Lipinski definition) is 4. The van der Waals surface area contributed by atoms with Gasteiger partial charge < -0.3 is 19.7 Å². The minimum atomic E-state index is -1.11. The quantitative estimate of drug-likeness (QED) is 0.791. The van der Waals surface area contributed by atoms with Gasteiger partial charge in [0.25, 0.3) is 0 Å². The third-order valence-corrected chi connectivity index (χ3v) is 1.94. The van der Waals surface area contributed by atoms with Gasteiger partial charge in [-0.2, -0.15) is 0 Å². The number of carboxylic acid groups (broad SMARTS) is 1. The minimum absolute atomic E-state index is 0.0370. The summed E-state index contributed by atoms with van der Waals surface area (Å²) in [6, 6.07) is 5.81. The normalized spacial score (nSPS) is 9.78. The molecule has 0 unspecified atom stereocenters. The van der Waals surface area contributed by atoms with E-state index in [2.05, 4.69) is 0 Å². The van der Waals surface area contributed by atoms with Crippen LogP contribution in [-0.2, 0) is 9.47 Å². The molecule has 0 saturated heterocycles. The van der Waals surface area contributed by atoms with Crippen molar-refractivity contribution in [1.29, 1.82) is 0 Å². The summed E-state index contributed by atoms with van der Waals surface area (Å²) < 4.78 is 10.1. The zero-order valence-corrected chi connectivity index (χ0v) is 10.9. The van der Waals surface area contributed by atoms with Crippen molar-refractivity contribution >= 4 is 5.97 Å². The number of carbonyl (C=O) groups is 1. The van der Waals surface area contributed by atoms with Crippen LogP contribution in [0.1, 0.15) is 31.1 Å². The van der Waals surface area contributed by atoms with Crippen LogP contribution in [0.4, 0.5) is 0 Å². The second kappa shape index (κ2) is 9.44. The van der Waals surface area contributed by atoms with Crippen LogP contribution in [0.15, 0.2) is 24.3 Å². The van der Waals surface area contributed by atoms with Gasteiger partial charge in [-0.25, -0.2) is 4.79 Å². The maximum Gasteiger partial charge on any atom is 0.339 e. The van der Waals surface area contributed by atoms with E-state index in [1.807, 2.05) is 20.8 Å². The van der Waals surface area contributed by atoms with Crippen LogP contribution in [-0.4, -0.2) is 35.7 Å². The lowest BCUT2D eigenvalue weighted by molar-refractivity contribution is -0.123. The molecule has 1 aromatic rings. The average Bonchev–Trinajstić information content (AvgIpc) is 2.30. The van der Waals surface area contributed by atoms with Crippen molar-refractivity contribution in [2.24, 2.45) is 0 Å². The Kier molecular flexibility index (Phi) is 8.61. The van der Waals surface area contributed by atoms with Crippen molar-refractivity contribution in [3.05, 3.63) is 29.8 Å². The molecule has 0 radical (unpaired) electrons. The summed E-state index contributed by atoms with van der Waals surface area (Å²) in [6.45, 7) is 7.25. The van der Waals surface area contributed by atoms with E-state index in [4.69, 9.17) is 19.7 Å². The number of para-hydroxylation sites is 1. The third-order valence-electron chi connectivity index (χ3n) is 1.94. The molecule has 1 rings (SSSR count). The van der Waals surface area contributed by atoms with E-state index >= 15 is 0 Å². The summed E-state index contributed by atoms with van der Waals surface area (Å²) in [5.41, 5.74) is -0.0671. The molecule has 102 valence electrons. The van der Waals surface area contributed by atoms with Crippen molar-refractivity contribution < 1.29 is 24.5 Å². The second-order valence-corrected chi connectivity index (χ2v) is 3.30. The molecule has 18 heavy (non-hydrogen) atoms. The van der Waals surface area contributed by atoms with Crippen molar-refractivity contribution in [3.8, 4) is 5.75 Å². The van der Waals surface area contributed by atoms with Crippen LogP contribution in [0.5, 0.6) is 5.75 Å². The molecule has 5 nitrogen and oxygen atoms in total. The molecule has 0 amide bonds. The number of rotatable bonds is 5. The van der Waals surface area contributed by atoms with Gasteiger partial charge in [-0.3, -0.25) is 0 Å². The molecule has 0 heterocycles. The maximum atomic E-state index is 10.3. The van der Waals surface area contributed by atoms with Gasteiger partial charge >= 0.3 is 5.97 Å². The first kappa shape index (κ1) is 16.4. The molecule has 1 aromatic carbocycles. The standard InChI is InChI=1S/C7H6O3.C6H14O2/c8-6-4-2-1-3-5(6)7(9)10;1-4-7-6(3)8-5-2/h1-4,8H,(H,9,10);6H,4-5H2,1-3H3. The van der Waals surface area contributed by atoms with Crippen LogP contribution in [0.3, 0.4) is 0 Å². The van der Waals surface area contributed by atoms with Crippen molar-refractivity contribution in [3.63, 3.8) is 0 Å². The lowest BCUT2D eigenvalue weighted by Crippen LogP contribution is -2.11. The minimum Gasteiger partial charge on any atom is -0.507 e. The zero-order valence-electron chi connectivity index (χ0n) is 10.9. The van der Waals surface area contributed by atoms with Gasteiger partial charge in [0.1, 0.15) is 11.3 Å². The Balaban J connectivity index is 0.000000331. The molecule has 2 N–H and O–H groups in total. The van der Waals surface area contributed by atoms with Crippen molar-refractivity contribution in [2.75, 3.05) is 13.2 Å². The highest BCUT2D eigenvalue weighted by Crippen LogP contribution is 2.14. The highest BCUT2D eigenvalue weighted by Gasteiger charge is 2.05. The van der Waals surface area contributed by atoms with Gasteiger partial charge in [0.05, 0.1) is 0 Å². The fraction of sp³-hybridized carbons (Fsp3) is 0.462. The predicted octanol–water partition coefficient (Wildman–Crippen LogP) is 2.50. The Morgan fingerprint density at radius 2 is 1.72 bits per heavy atom. The summed E-state index contributed by atoms with van der Waals surface area (Å²) in [5.74, 6) is -1.31. The Labute approximate surface area is 107 Å². The van der Waals surface area contributed by atoms with Crippen LogP contribution in [0.25, 0.3) is 0 Å². The van der Waals surface area contributed by atoms with E-state index in [0.717, 1.165) is 13.2 Å². The Morgan fingerprint density at radius 1 is 1.22 bits per heavy atom. The number of hydrogen-bond donors (Lipinski definition) is 2. The SMILES string of the molecule is CCOC(C)OCC.O=C(O)c1ccccc1O. The largest absolute Gasteiger partial charge is 0.507 e. The summed E-state index contributed by atoms with van der Waals surface area (Å²) in [5, 5.41) is 17.3. The summed E-state index contributed by atoms with van der Waals surface area (Å²) in [7, 11) is 0. The number of phenols is 1. The average molecular weight is 256 g/mol. The molecular weight excluding hydrogens is 236 g/mol. The van der Waals surface area contributed by atoms with Crippen molar-refractivity contribution in [2.45, 2.75) is 27.1 Å². The summed E-state index contributed by atoms with van der Waals surface area (Å²) in [4.78, 5) is 10.3. The number of aromatic hydroxyl groups is 1. The van der Waals surface area contributed by atoms with E-state index in [9.17, 15) is 4.79 Å². The first-order valence-electron chi connectivity index (χ1n) is 5.77. The first-order chi connectivity index (χ1) is 8.52. The van der Waals surface area contributed by atoms with Gasteiger partial charge in [-0.1, -0.05) is 12.1 Å². The third kappa shape index (κ3) is 6.88. The molecular formula is C13H20O5. The molecule has 0 spiro atoms. The van der Waals surface area contributed by atoms with Gasteiger partial charge in [0.2, 0.25) is 0 Å². The summed E-state index contributed by atoms with van der Waals surface area (Å²) >= 11 is 0. The smallest absolute Gasteiger partial charge is 0.339 e. The van der Waals surface area contributed by atoms with E-state index in [1.165, 1.54) is 12.1 Å². The van der Waals surface area contributed by atoms with E-state index in [1.54, 1.807) is 12.1 Å². The second-order valence-electron chi connectivity index (χ2n) is 3.30. The molecule has 0 aliphatic heterocycles. The first-order valence-corrected chi connectivity index (χ1v) is 5.77. The van der Waals surface area contributed by atoms with Crippen molar-refractivity contribution in [1.82, 2.24) is 0 Å². The van der Waals surface area contributed by atoms with Gasteiger partial charge in [0, 0.05) is 13.2 Å². The molecule has 0 atom stereocenters. The van der Waals surface area contributed by atoms with Crippen LogP contribution in [0.2, 0.25) is 0 Å². The van der Waals surface area contributed by atoms with Crippen LogP contribution >= 0.6 is 0 Å². The van der Waals surface area contributed by atoms with E-state index < -0.39 is 5.97 Å². The molecule has 0 saturated carbocycles. The Morgan fingerprint density at radius 3 is 2.06 bits per heavy atom. The lowest BCUT2D eigenvalue weighted by Gasteiger charge is -2.09. The fourth-order valence-electron chi connectivity index (χ4n) is 1.17. The number of benzene rings is 1. The van der Waals surface area contributed by atoms with Gasteiger partial charge in [-0.15, -0.1) is 0 Å². The predicted molar refractivity (Wildman–Crippen MR) is 67.8 cm³/mol. The van der Waals surface area contributed by atoms with Crippen LogP contribution < -0.4 is 0 Å². The molecule has 0 aliphatic rings. The van der Waals surface area contributed by atoms with Crippen LogP contribution in [0, 0.1) is 0 Å². The molecule has 5 heteroatoms. The lowest BCUT2D eigenvalue weighted by atomic mass is 10.2. The van der Waals surface area contributed by atoms with E-state index in [0.29, 0.717) is 0 Å². The molecule has 0 fully saturated rings. The summed E-state index contributed by atoms with van der Waals surface area (Å²) in [6.07, 6.45) is -0.0370. The molecule has 0 bridgehead atoms. The van der Waals surface area contributed by atoms with Gasteiger partial charge in [0.15, 0.2) is 6.29 Å². The molecule has 0 aromatic heterocycles. The number of carboxylic acids is 1. The monoisotopic (exact) mass is 256 g/mol. The number of aromatic carboxylic acids is 1. The molecule has 0 aliphatic carbocycles.